The number of carbonyl (C=O) groups excluding carboxylic acids is 1. The Balaban J connectivity index is 1.67. The van der Waals surface area contributed by atoms with Crippen LogP contribution in [0.2, 0.25) is 0 Å². The van der Waals surface area contributed by atoms with Gasteiger partial charge in [0, 0.05) is 10.9 Å². The normalized spacial score (nSPS) is 14.9. The Morgan fingerprint density at radius 2 is 1.65 bits per heavy atom. The number of nitrogens with zero attached hydrogens (tertiary/aromatic N) is 2. The number of hydrogen-bond acceptors (Lipinski definition) is 8. The zero-order valence-corrected chi connectivity index (χ0v) is 25.3. The lowest BCUT2D eigenvalue weighted by Gasteiger charge is -2.27. The summed E-state index contributed by atoms with van der Waals surface area (Å²) in [5.41, 5.74) is 2.01. The molecular formula is C34H30N2O6S. The molecule has 0 saturated carbocycles. The summed E-state index contributed by atoms with van der Waals surface area (Å²) in [6.45, 7) is 3.70. The molecule has 1 atom stereocenters. The SMILES string of the molecule is CCOC(=O)C1=C(C)N=c2s/c(=C\c3ccc(OC)c4ccccc34)c(=O)n2C1c1c(OC)ccc2ccc(OC)cc12. The number of hydrogen-bond donors (Lipinski definition) is 0. The van der Waals surface area contributed by atoms with Gasteiger partial charge in [0.1, 0.15) is 23.3 Å². The molecule has 0 fully saturated rings. The Labute approximate surface area is 251 Å². The molecule has 0 aliphatic carbocycles. The minimum absolute atomic E-state index is 0.178. The molecule has 8 nitrogen and oxygen atoms in total. The van der Waals surface area contributed by atoms with Gasteiger partial charge >= 0.3 is 5.97 Å². The predicted octanol–water partition coefficient (Wildman–Crippen LogP) is 5.13. The van der Waals surface area contributed by atoms with Gasteiger partial charge in [0.2, 0.25) is 0 Å². The van der Waals surface area contributed by atoms with Gasteiger partial charge in [-0.1, -0.05) is 53.8 Å². The van der Waals surface area contributed by atoms with Gasteiger partial charge in [-0.25, -0.2) is 9.79 Å². The quantitative estimate of drug-likeness (QED) is 0.243. The van der Waals surface area contributed by atoms with Gasteiger partial charge in [-0.3, -0.25) is 9.36 Å². The summed E-state index contributed by atoms with van der Waals surface area (Å²) in [7, 11) is 4.81. The van der Waals surface area contributed by atoms with E-state index in [1.54, 1.807) is 39.7 Å². The molecule has 5 aromatic rings. The zero-order chi connectivity index (χ0) is 30.2. The highest BCUT2D eigenvalue weighted by atomic mass is 32.1. The number of esters is 1. The van der Waals surface area contributed by atoms with Crippen LogP contribution in [0.1, 0.15) is 31.0 Å². The highest BCUT2D eigenvalue weighted by Crippen LogP contribution is 2.41. The lowest BCUT2D eigenvalue weighted by Crippen LogP contribution is -2.40. The Morgan fingerprint density at radius 1 is 0.930 bits per heavy atom. The molecule has 0 bridgehead atoms. The number of allylic oxidation sites excluding steroid dienone is 1. The largest absolute Gasteiger partial charge is 0.497 e. The summed E-state index contributed by atoms with van der Waals surface area (Å²) in [4.78, 5) is 33.1. The Kier molecular flexibility index (Phi) is 7.50. The number of thiazole rings is 1. The number of benzene rings is 4. The van der Waals surface area contributed by atoms with Crippen LogP contribution in [0.15, 0.2) is 87.8 Å². The summed E-state index contributed by atoms with van der Waals surface area (Å²) in [5.74, 6) is 1.38. The van der Waals surface area contributed by atoms with E-state index in [1.165, 1.54) is 11.3 Å². The molecule has 1 aromatic heterocycles. The van der Waals surface area contributed by atoms with Crippen molar-refractivity contribution < 1.29 is 23.7 Å². The summed E-state index contributed by atoms with van der Waals surface area (Å²) < 4.78 is 24.5. The third-order valence-corrected chi connectivity index (χ3v) is 8.65. The molecule has 0 radical (unpaired) electrons. The first-order chi connectivity index (χ1) is 20.9. The van der Waals surface area contributed by atoms with E-state index >= 15 is 0 Å². The van der Waals surface area contributed by atoms with Crippen LogP contribution in [0.3, 0.4) is 0 Å². The second-order valence-electron chi connectivity index (χ2n) is 9.97. The summed E-state index contributed by atoms with van der Waals surface area (Å²) >= 11 is 1.28. The monoisotopic (exact) mass is 594 g/mol. The molecule has 0 N–H and O–H groups in total. The highest BCUT2D eigenvalue weighted by molar-refractivity contribution is 7.07. The average molecular weight is 595 g/mol. The molecule has 6 rings (SSSR count). The van der Waals surface area contributed by atoms with E-state index in [0.29, 0.717) is 32.1 Å². The molecule has 1 unspecified atom stereocenters. The minimum atomic E-state index is -0.851. The number of fused-ring (bicyclic) bond motifs is 3. The van der Waals surface area contributed by atoms with Crippen LogP contribution in [0.25, 0.3) is 27.6 Å². The first kappa shape index (κ1) is 28.2. The lowest BCUT2D eigenvalue weighted by atomic mass is 9.90. The van der Waals surface area contributed by atoms with Crippen molar-refractivity contribution >= 4 is 44.9 Å². The third-order valence-electron chi connectivity index (χ3n) is 7.67. The van der Waals surface area contributed by atoms with E-state index in [0.717, 1.165) is 32.9 Å². The van der Waals surface area contributed by atoms with Crippen LogP contribution < -0.4 is 29.1 Å². The van der Waals surface area contributed by atoms with Crippen molar-refractivity contribution in [2.75, 3.05) is 27.9 Å². The maximum Gasteiger partial charge on any atom is 0.338 e. The fourth-order valence-electron chi connectivity index (χ4n) is 5.69. The van der Waals surface area contributed by atoms with Crippen LogP contribution in [-0.2, 0) is 9.53 Å². The summed E-state index contributed by atoms with van der Waals surface area (Å²) in [6, 6.07) is 20.4. The van der Waals surface area contributed by atoms with E-state index < -0.39 is 12.0 Å². The molecule has 2 heterocycles. The average Bonchev–Trinajstić information content (AvgIpc) is 3.33. The first-order valence-electron chi connectivity index (χ1n) is 13.8. The second-order valence-corrected chi connectivity index (χ2v) is 11.0. The second kappa shape index (κ2) is 11.4. The van der Waals surface area contributed by atoms with Gasteiger partial charge in [0.25, 0.3) is 5.56 Å². The first-order valence-corrected chi connectivity index (χ1v) is 14.6. The van der Waals surface area contributed by atoms with Crippen LogP contribution >= 0.6 is 11.3 Å². The smallest absolute Gasteiger partial charge is 0.338 e. The Hall–Kier alpha value is -4.89. The van der Waals surface area contributed by atoms with Gasteiger partial charge in [-0.15, -0.1) is 0 Å². The van der Waals surface area contributed by atoms with E-state index in [2.05, 4.69) is 0 Å². The van der Waals surface area contributed by atoms with Crippen LogP contribution in [0.4, 0.5) is 0 Å². The number of carbonyl (C=O) groups is 1. The van der Waals surface area contributed by atoms with Gasteiger partial charge in [0.15, 0.2) is 4.80 Å². The number of methoxy groups -OCH3 is 3. The van der Waals surface area contributed by atoms with Crippen molar-refractivity contribution in [3.8, 4) is 17.2 Å². The maximum atomic E-state index is 14.4. The van der Waals surface area contributed by atoms with Gasteiger partial charge in [-0.2, -0.15) is 0 Å². The van der Waals surface area contributed by atoms with Gasteiger partial charge in [0.05, 0.1) is 43.7 Å². The molecule has 9 heteroatoms. The van der Waals surface area contributed by atoms with Gasteiger partial charge < -0.3 is 18.9 Å². The summed E-state index contributed by atoms with van der Waals surface area (Å²) in [6.07, 6.45) is 1.87. The fraction of sp³-hybridized carbons (Fsp3) is 0.206. The van der Waals surface area contributed by atoms with E-state index in [1.807, 2.05) is 72.8 Å². The number of aromatic nitrogens is 1. The highest BCUT2D eigenvalue weighted by Gasteiger charge is 2.36. The third kappa shape index (κ3) is 4.75. The molecule has 0 amide bonds. The topological polar surface area (TPSA) is 88.4 Å². The van der Waals surface area contributed by atoms with Gasteiger partial charge in [-0.05, 0) is 65.9 Å². The molecule has 218 valence electrons. The molecule has 43 heavy (non-hydrogen) atoms. The number of rotatable bonds is 7. The molecule has 0 saturated heterocycles. The molecular weight excluding hydrogens is 564 g/mol. The lowest BCUT2D eigenvalue weighted by molar-refractivity contribution is -0.139. The van der Waals surface area contributed by atoms with Crippen LogP contribution in [0, 0.1) is 0 Å². The van der Waals surface area contributed by atoms with Crippen molar-refractivity contribution in [1.29, 1.82) is 0 Å². The zero-order valence-electron chi connectivity index (χ0n) is 24.5. The molecule has 1 aliphatic heterocycles. The fourth-order valence-corrected chi connectivity index (χ4v) is 6.73. The van der Waals surface area contributed by atoms with Crippen LogP contribution in [-0.4, -0.2) is 38.5 Å². The number of ether oxygens (including phenoxy) is 4. The summed E-state index contributed by atoms with van der Waals surface area (Å²) in [5, 5.41) is 3.59. The maximum absolute atomic E-state index is 14.4. The standard InChI is InChI=1S/C34H30N2O6S/c1-6-42-33(38)29-19(2)35-34-36(31(29)30-25-18-22(39-3)14-11-20(25)12-16-27(30)41-5)32(37)28(43-34)17-21-13-15-26(40-4)24-10-8-7-9-23(21)24/h7-18,31H,6H2,1-5H3/b28-17-. The minimum Gasteiger partial charge on any atom is -0.497 e. The van der Waals surface area contributed by atoms with E-state index in [4.69, 9.17) is 23.9 Å². The van der Waals surface area contributed by atoms with Crippen molar-refractivity contribution in [1.82, 2.24) is 4.57 Å². The van der Waals surface area contributed by atoms with Crippen molar-refractivity contribution in [3.63, 3.8) is 0 Å². The van der Waals surface area contributed by atoms with Crippen molar-refractivity contribution in [2.24, 2.45) is 4.99 Å². The van der Waals surface area contributed by atoms with Crippen molar-refractivity contribution in [2.45, 2.75) is 19.9 Å². The van der Waals surface area contributed by atoms with Crippen LogP contribution in [0.5, 0.6) is 17.2 Å². The van der Waals surface area contributed by atoms with E-state index in [-0.39, 0.29) is 17.7 Å². The molecule has 4 aromatic carbocycles. The molecule has 0 spiro atoms. The predicted molar refractivity (Wildman–Crippen MR) is 168 cm³/mol. The Morgan fingerprint density at radius 3 is 2.37 bits per heavy atom. The van der Waals surface area contributed by atoms with E-state index in [9.17, 15) is 9.59 Å². The molecule has 1 aliphatic rings. The van der Waals surface area contributed by atoms with Crippen molar-refractivity contribution in [3.05, 3.63) is 109 Å². The Bertz CT molecular complexity index is 2120.